The van der Waals surface area contributed by atoms with Crippen LogP contribution in [0.3, 0.4) is 0 Å². The van der Waals surface area contributed by atoms with Gasteiger partial charge in [0.15, 0.2) is 10.9 Å². The molecule has 0 fully saturated rings. The summed E-state index contributed by atoms with van der Waals surface area (Å²) >= 11 is 13.4. The van der Waals surface area contributed by atoms with Crippen LogP contribution >= 0.6 is 34.5 Å². The summed E-state index contributed by atoms with van der Waals surface area (Å²) in [4.78, 5) is 17.6. The number of furan rings is 1. The van der Waals surface area contributed by atoms with Crippen LogP contribution < -0.4 is 5.32 Å². The van der Waals surface area contributed by atoms with E-state index in [-0.39, 0.29) is 11.7 Å². The molecule has 0 bridgehead atoms. The highest BCUT2D eigenvalue weighted by Gasteiger charge is 2.14. The smallest absolute Gasteiger partial charge is 0.293 e. The van der Waals surface area contributed by atoms with Crippen molar-refractivity contribution in [2.45, 2.75) is 6.42 Å². The van der Waals surface area contributed by atoms with Crippen molar-refractivity contribution in [1.29, 1.82) is 0 Å². The fourth-order valence-electron chi connectivity index (χ4n) is 2.55. The molecule has 1 N–H and O–H groups in total. The zero-order chi connectivity index (χ0) is 18.1. The van der Waals surface area contributed by atoms with Gasteiger partial charge in [-0.15, -0.1) is 11.3 Å². The Morgan fingerprint density at radius 1 is 1.12 bits per heavy atom. The van der Waals surface area contributed by atoms with Crippen LogP contribution in [0.2, 0.25) is 10.0 Å². The van der Waals surface area contributed by atoms with Gasteiger partial charge < -0.3 is 4.42 Å². The van der Waals surface area contributed by atoms with Crippen molar-refractivity contribution < 1.29 is 9.21 Å². The molecule has 4 rings (SSSR count). The van der Waals surface area contributed by atoms with Crippen molar-refractivity contribution in [3.8, 4) is 0 Å². The van der Waals surface area contributed by atoms with E-state index in [4.69, 9.17) is 27.6 Å². The highest BCUT2D eigenvalue weighted by molar-refractivity contribution is 7.15. The molecule has 7 heteroatoms. The summed E-state index contributed by atoms with van der Waals surface area (Å²) < 4.78 is 5.57. The lowest BCUT2D eigenvalue weighted by Crippen LogP contribution is -2.10. The largest absolute Gasteiger partial charge is 0.451 e. The molecule has 1 amide bonds. The number of nitrogens with zero attached hydrogens (tertiary/aromatic N) is 1. The Hall–Kier alpha value is -2.34. The molecule has 0 radical (unpaired) electrons. The molecule has 0 unspecified atom stereocenters. The van der Waals surface area contributed by atoms with Crippen LogP contribution in [-0.4, -0.2) is 10.9 Å². The molecule has 0 saturated heterocycles. The molecule has 0 aliphatic heterocycles. The molecule has 2 aromatic heterocycles. The van der Waals surface area contributed by atoms with E-state index in [1.165, 1.54) is 11.3 Å². The number of rotatable bonds is 4. The first-order valence-corrected chi connectivity index (χ1v) is 9.34. The van der Waals surface area contributed by atoms with E-state index in [1.807, 2.05) is 36.4 Å². The number of fused-ring (bicyclic) bond motifs is 1. The van der Waals surface area contributed by atoms with E-state index < -0.39 is 0 Å². The highest BCUT2D eigenvalue weighted by atomic mass is 35.5. The molecular formula is C19H12Cl2N2O2S. The van der Waals surface area contributed by atoms with Crippen LogP contribution in [0.15, 0.2) is 59.1 Å². The number of hydrogen-bond donors (Lipinski definition) is 1. The SMILES string of the molecule is O=C(Nc1ncc(Cc2ccc(Cl)c(Cl)c2)s1)c1cc2ccccc2o1. The van der Waals surface area contributed by atoms with Gasteiger partial charge in [-0.2, -0.15) is 0 Å². The first-order chi connectivity index (χ1) is 12.6. The Labute approximate surface area is 163 Å². The monoisotopic (exact) mass is 402 g/mol. The molecule has 4 aromatic rings. The third kappa shape index (κ3) is 3.60. The topological polar surface area (TPSA) is 55.1 Å². The summed E-state index contributed by atoms with van der Waals surface area (Å²) in [5, 5.41) is 5.23. The number of halogens is 2. The normalized spacial score (nSPS) is 11.0. The van der Waals surface area contributed by atoms with E-state index in [2.05, 4.69) is 10.3 Å². The summed E-state index contributed by atoms with van der Waals surface area (Å²) in [5.74, 6) is -0.0657. The number of hydrogen-bond acceptors (Lipinski definition) is 4. The van der Waals surface area contributed by atoms with Crippen molar-refractivity contribution in [3.05, 3.63) is 81.0 Å². The van der Waals surface area contributed by atoms with Crippen LogP contribution in [-0.2, 0) is 6.42 Å². The second-order valence-electron chi connectivity index (χ2n) is 5.66. The minimum absolute atomic E-state index is 0.257. The average Bonchev–Trinajstić information content (AvgIpc) is 3.25. The van der Waals surface area contributed by atoms with Crippen LogP contribution in [0.5, 0.6) is 0 Å². The van der Waals surface area contributed by atoms with Crippen molar-refractivity contribution in [3.63, 3.8) is 0 Å². The van der Waals surface area contributed by atoms with E-state index in [1.54, 1.807) is 18.3 Å². The molecule has 2 aromatic carbocycles. The van der Waals surface area contributed by atoms with Crippen LogP contribution in [0.1, 0.15) is 21.0 Å². The first kappa shape index (κ1) is 17.1. The Morgan fingerprint density at radius 3 is 2.77 bits per heavy atom. The maximum Gasteiger partial charge on any atom is 0.293 e. The number of nitrogens with one attached hydrogen (secondary N) is 1. The van der Waals surface area contributed by atoms with Crippen LogP contribution in [0, 0.1) is 0 Å². The number of benzene rings is 2. The van der Waals surface area contributed by atoms with Gasteiger partial charge in [0.05, 0.1) is 10.0 Å². The van der Waals surface area contributed by atoms with Crippen LogP contribution in [0.4, 0.5) is 5.13 Å². The zero-order valence-corrected chi connectivity index (χ0v) is 15.7. The summed E-state index contributed by atoms with van der Waals surface area (Å²) in [5.41, 5.74) is 1.70. The lowest BCUT2D eigenvalue weighted by Gasteiger charge is -2.01. The number of thiazole rings is 1. The third-order valence-electron chi connectivity index (χ3n) is 3.79. The lowest BCUT2D eigenvalue weighted by atomic mass is 10.1. The van der Waals surface area contributed by atoms with Gasteiger partial charge in [0, 0.05) is 22.9 Å². The Balaban J connectivity index is 1.47. The molecule has 0 aliphatic rings. The van der Waals surface area contributed by atoms with Crippen molar-refractivity contribution in [2.75, 3.05) is 5.32 Å². The summed E-state index contributed by atoms with van der Waals surface area (Å²) in [7, 11) is 0. The van der Waals surface area contributed by atoms with Gasteiger partial charge >= 0.3 is 0 Å². The number of carbonyl (C=O) groups is 1. The second-order valence-corrected chi connectivity index (χ2v) is 7.59. The van der Waals surface area contributed by atoms with Gasteiger partial charge in [-0.05, 0) is 29.8 Å². The number of para-hydroxylation sites is 1. The van der Waals surface area contributed by atoms with E-state index in [0.717, 1.165) is 15.8 Å². The molecule has 0 atom stereocenters. The summed E-state index contributed by atoms with van der Waals surface area (Å²) in [6.45, 7) is 0. The molecule has 0 saturated carbocycles. The fourth-order valence-corrected chi connectivity index (χ4v) is 3.71. The fraction of sp³-hybridized carbons (Fsp3) is 0.0526. The van der Waals surface area contributed by atoms with Gasteiger partial charge in [0.2, 0.25) is 0 Å². The van der Waals surface area contributed by atoms with Gasteiger partial charge in [0.25, 0.3) is 5.91 Å². The predicted octanol–water partition coefficient (Wildman–Crippen LogP) is 6.04. The quantitative estimate of drug-likeness (QED) is 0.452. The Bertz CT molecular complexity index is 1070. The van der Waals surface area contributed by atoms with Gasteiger partial charge in [0.1, 0.15) is 5.58 Å². The van der Waals surface area contributed by atoms with E-state index in [0.29, 0.717) is 27.2 Å². The molecule has 130 valence electrons. The highest BCUT2D eigenvalue weighted by Crippen LogP contribution is 2.27. The molecule has 4 nitrogen and oxygen atoms in total. The summed E-state index contributed by atoms with van der Waals surface area (Å²) in [6, 6.07) is 14.7. The maximum atomic E-state index is 12.4. The Kier molecular flexibility index (Phi) is 4.68. The lowest BCUT2D eigenvalue weighted by molar-refractivity contribution is 0.0998. The number of carbonyl (C=O) groups excluding carboxylic acids is 1. The molecule has 26 heavy (non-hydrogen) atoms. The minimum Gasteiger partial charge on any atom is -0.451 e. The number of aromatic nitrogens is 1. The molecule has 0 aliphatic carbocycles. The average molecular weight is 403 g/mol. The number of amides is 1. The second kappa shape index (κ2) is 7.11. The van der Waals surface area contributed by atoms with Crippen molar-refractivity contribution in [2.24, 2.45) is 0 Å². The van der Waals surface area contributed by atoms with Gasteiger partial charge in [-0.25, -0.2) is 4.98 Å². The minimum atomic E-state index is -0.323. The van der Waals surface area contributed by atoms with Crippen molar-refractivity contribution >= 4 is 56.5 Å². The molecule has 0 spiro atoms. The van der Waals surface area contributed by atoms with Gasteiger partial charge in [-0.1, -0.05) is 47.5 Å². The van der Waals surface area contributed by atoms with E-state index in [9.17, 15) is 4.79 Å². The predicted molar refractivity (Wildman–Crippen MR) is 106 cm³/mol. The van der Waals surface area contributed by atoms with Gasteiger partial charge in [-0.3, -0.25) is 10.1 Å². The zero-order valence-electron chi connectivity index (χ0n) is 13.3. The van der Waals surface area contributed by atoms with E-state index >= 15 is 0 Å². The van der Waals surface area contributed by atoms with Crippen molar-refractivity contribution in [1.82, 2.24) is 4.98 Å². The maximum absolute atomic E-state index is 12.4. The first-order valence-electron chi connectivity index (χ1n) is 7.77. The molecular weight excluding hydrogens is 391 g/mol. The third-order valence-corrected chi connectivity index (χ3v) is 5.44. The standard InChI is InChI=1S/C19H12Cl2N2O2S/c20-14-6-5-11(8-15(14)21)7-13-10-22-19(26-13)23-18(24)17-9-12-3-1-2-4-16(12)25-17/h1-6,8-10H,7H2,(H,22,23,24). The molecule has 2 heterocycles. The van der Waals surface area contributed by atoms with Crippen LogP contribution in [0.25, 0.3) is 11.0 Å². The Morgan fingerprint density at radius 2 is 1.96 bits per heavy atom. The summed E-state index contributed by atoms with van der Waals surface area (Å²) in [6.07, 6.45) is 2.40. The number of anilines is 1.